The number of amides is 1. The highest BCUT2D eigenvalue weighted by Crippen LogP contribution is 2.29. The van der Waals surface area contributed by atoms with Gasteiger partial charge in [-0.05, 0) is 41.1 Å². The van der Waals surface area contributed by atoms with Crippen LogP contribution in [0.25, 0.3) is 22.0 Å². The minimum atomic E-state index is -0.0615. The Kier molecular flexibility index (Phi) is 5.60. The van der Waals surface area contributed by atoms with Crippen molar-refractivity contribution in [3.05, 3.63) is 72.1 Å². The average molecular weight is 407 g/mol. The van der Waals surface area contributed by atoms with Gasteiger partial charge in [0.15, 0.2) is 5.13 Å². The molecule has 0 aliphatic rings. The van der Waals surface area contributed by atoms with Gasteiger partial charge in [0.25, 0.3) is 0 Å². The maximum atomic E-state index is 12.4. The fraction of sp³-hybridized carbons (Fsp3) is 0.0909. The van der Waals surface area contributed by atoms with E-state index in [9.17, 15) is 4.79 Å². The predicted molar refractivity (Wildman–Crippen MR) is 117 cm³/mol. The molecule has 0 fully saturated rings. The van der Waals surface area contributed by atoms with Crippen LogP contribution in [0.5, 0.6) is 5.75 Å². The number of hydrogen-bond donors (Lipinski definition) is 1. The third-order valence-corrected chi connectivity index (χ3v) is 6.08. The fourth-order valence-electron chi connectivity index (χ4n) is 2.85. The molecule has 0 aliphatic carbocycles. The lowest BCUT2D eigenvalue weighted by molar-refractivity contribution is -0.113. The number of nitrogens with one attached hydrogen (secondary N) is 1. The molecule has 0 saturated heterocycles. The summed E-state index contributed by atoms with van der Waals surface area (Å²) in [7, 11) is 1.64. The zero-order chi connectivity index (χ0) is 19.3. The van der Waals surface area contributed by atoms with E-state index in [0.29, 0.717) is 10.9 Å². The molecular formula is C22H18N2O2S2. The van der Waals surface area contributed by atoms with Gasteiger partial charge in [0.05, 0.1) is 18.6 Å². The Labute approximate surface area is 171 Å². The van der Waals surface area contributed by atoms with Crippen LogP contribution < -0.4 is 10.1 Å². The number of benzene rings is 3. The van der Waals surface area contributed by atoms with Crippen molar-refractivity contribution < 1.29 is 9.53 Å². The van der Waals surface area contributed by atoms with Crippen molar-refractivity contribution in [2.75, 3.05) is 18.2 Å². The molecule has 0 saturated carbocycles. The van der Waals surface area contributed by atoms with Gasteiger partial charge in [-0.3, -0.25) is 4.79 Å². The first kappa shape index (κ1) is 18.5. The molecule has 4 aromatic rings. The summed E-state index contributed by atoms with van der Waals surface area (Å²) in [6.07, 6.45) is 0. The Morgan fingerprint density at radius 3 is 2.68 bits per heavy atom. The van der Waals surface area contributed by atoms with Crippen LogP contribution in [0, 0.1) is 0 Å². The van der Waals surface area contributed by atoms with E-state index in [2.05, 4.69) is 28.5 Å². The summed E-state index contributed by atoms with van der Waals surface area (Å²) in [6, 6.07) is 22.0. The van der Waals surface area contributed by atoms with Crippen LogP contribution in [-0.4, -0.2) is 23.8 Å². The van der Waals surface area contributed by atoms with Crippen molar-refractivity contribution in [1.82, 2.24) is 4.98 Å². The highest BCUT2D eigenvalue weighted by Gasteiger charge is 2.10. The number of methoxy groups -OCH3 is 1. The first-order valence-corrected chi connectivity index (χ1v) is 10.6. The molecule has 4 rings (SSSR count). The number of rotatable bonds is 6. The number of ether oxygens (including phenoxy) is 1. The molecule has 1 amide bonds. The van der Waals surface area contributed by atoms with Crippen LogP contribution in [0.2, 0.25) is 0 Å². The van der Waals surface area contributed by atoms with Gasteiger partial charge in [-0.15, -0.1) is 23.1 Å². The molecule has 3 aromatic carbocycles. The van der Waals surface area contributed by atoms with E-state index in [1.807, 2.05) is 53.9 Å². The molecule has 28 heavy (non-hydrogen) atoms. The standard InChI is InChI=1S/C22H18N2O2S2/c1-26-17-11-9-16(10-12-17)19-13-28-22(23-19)24-21(25)14-27-20-8-4-6-15-5-2-3-7-18(15)20/h2-13H,14H2,1H3,(H,23,24,25). The number of nitrogens with zero attached hydrogens (tertiary/aromatic N) is 1. The lowest BCUT2D eigenvalue weighted by Gasteiger charge is -2.06. The number of hydrogen-bond acceptors (Lipinski definition) is 5. The third kappa shape index (κ3) is 4.18. The molecular weight excluding hydrogens is 388 g/mol. The van der Waals surface area contributed by atoms with Gasteiger partial charge in [0, 0.05) is 15.8 Å². The average Bonchev–Trinajstić information content (AvgIpc) is 3.20. The molecule has 140 valence electrons. The van der Waals surface area contributed by atoms with Gasteiger partial charge >= 0.3 is 0 Å². The van der Waals surface area contributed by atoms with Crippen molar-refractivity contribution >= 4 is 44.9 Å². The molecule has 1 N–H and O–H groups in total. The molecule has 6 heteroatoms. The molecule has 1 heterocycles. The minimum absolute atomic E-state index is 0.0615. The molecule has 0 atom stereocenters. The molecule has 1 aromatic heterocycles. The first-order valence-electron chi connectivity index (χ1n) is 8.73. The maximum Gasteiger partial charge on any atom is 0.236 e. The van der Waals surface area contributed by atoms with E-state index in [-0.39, 0.29) is 5.91 Å². The van der Waals surface area contributed by atoms with Crippen molar-refractivity contribution in [2.24, 2.45) is 0 Å². The lowest BCUT2D eigenvalue weighted by Crippen LogP contribution is -2.13. The SMILES string of the molecule is COc1ccc(-c2csc(NC(=O)CSc3cccc4ccccc34)n2)cc1. The normalized spacial score (nSPS) is 10.8. The number of carbonyl (C=O) groups is 1. The molecule has 4 nitrogen and oxygen atoms in total. The van der Waals surface area contributed by atoms with Crippen molar-refractivity contribution in [3.63, 3.8) is 0 Å². The molecule has 0 radical (unpaired) electrons. The van der Waals surface area contributed by atoms with Crippen LogP contribution in [0.15, 0.2) is 77.0 Å². The number of fused-ring (bicyclic) bond motifs is 1. The molecule has 0 spiro atoms. The van der Waals surface area contributed by atoms with E-state index >= 15 is 0 Å². The Hall–Kier alpha value is -2.83. The predicted octanol–water partition coefficient (Wildman–Crippen LogP) is 5.70. The van der Waals surface area contributed by atoms with E-state index in [1.54, 1.807) is 7.11 Å². The van der Waals surface area contributed by atoms with Crippen molar-refractivity contribution in [1.29, 1.82) is 0 Å². The maximum absolute atomic E-state index is 12.4. The van der Waals surface area contributed by atoms with Crippen LogP contribution in [0.3, 0.4) is 0 Å². The van der Waals surface area contributed by atoms with Crippen LogP contribution in [0.4, 0.5) is 5.13 Å². The quantitative estimate of drug-likeness (QED) is 0.417. The topological polar surface area (TPSA) is 51.2 Å². The second-order valence-corrected chi connectivity index (χ2v) is 7.96. The van der Waals surface area contributed by atoms with Crippen LogP contribution in [-0.2, 0) is 4.79 Å². The van der Waals surface area contributed by atoms with Gasteiger partial charge in [-0.25, -0.2) is 4.98 Å². The first-order chi connectivity index (χ1) is 13.7. The Morgan fingerprint density at radius 1 is 1.07 bits per heavy atom. The van der Waals surface area contributed by atoms with Crippen molar-refractivity contribution in [3.8, 4) is 17.0 Å². The molecule has 0 unspecified atom stereocenters. The summed E-state index contributed by atoms with van der Waals surface area (Å²) in [6.45, 7) is 0. The van der Waals surface area contributed by atoms with E-state index < -0.39 is 0 Å². The van der Waals surface area contributed by atoms with Gasteiger partial charge in [-0.2, -0.15) is 0 Å². The Morgan fingerprint density at radius 2 is 1.86 bits per heavy atom. The largest absolute Gasteiger partial charge is 0.497 e. The number of anilines is 1. The Bertz CT molecular complexity index is 1100. The number of carbonyl (C=O) groups excluding carboxylic acids is 1. The molecule has 0 aliphatic heterocycles. The summed E-state index contributed by atoms with van der Waals surface area (Å²) in [5, 5.41) is 7.78. The zero-order valence-electron chi connectivity index (χ0n) is 15.2. The fourth-order valence-corrected chi connectivity index (χ4v) is 4.46. The second-order valence-electron chi connectivity index (χ2n) is 6.08. The summed E-state index contributed by atoms with van der Waals surface area (Å²) in [5.41, 5.74) is 1.83. The third-order valence-electron chi connectivity index (χ3n) is 4.24. The van der Waals surface area contributed by atoms with Crippen LogP contribution >= 0.6 is 23.1 Å². The summed E-state index contributed by atoms with van der Waals surface area (Å²) >= 11 is 2.96. The monoisotopic (exact) mass is 406 g/mol. The second kappa shape index (κ2) is 8.46. The summed E-state index contributed by atoms with van der Waals surface area (Å²) < 4.78 is 5.18. The summed E-state index contributed by atoms with van der Waals surface area (Å²) in [4.78, 5) is 18.0. The highest BCUT2D eigenvalue weighted by atomic mass is 32.2. The van der Waals surface area contributed by atoms with Gasteiger partial charge in [0.1, 0.15) is 5.75 Å². The van der Waals surface area contributed by atoms with Gasteiger partial charge < -0.3 is 10.1 Å². The number of aromatic nitrogens is 1. The van der Waals surface area contributed by atoms with E-state index in [0.717, 1.165) is 21.9 Å². The number of thiazole rings is 1. The van der Waals surface area contributed by atoms with E-state index in [1.165, 1.54) is 33.9 Å². The molecule has 0 bridgehead atoms. The van der Waals surface area contributed by atoms with E-state index in [4.69, 9.17) is 4.74 Å². The zero-order valence-corrected chi connectivity index (χ0v) is 16.8. The summed E-state index contributed by atoms with van der Waals surface area (Å²) in [5.74, 6) is 1.08. The number of thioether (sulfide) groups is 1. The van der Waals surface area contributed by atoms with Gasteiger partial charge in [0.2, 0.25) is 5.91 Å². The smallest absolute Gasteiger partial charge is 0.236 e. The van der Waals surface area contributed by atoms with Crippen molar-refractivity contribution in [2.45, 2.75) is 4.90 Å². The lowest BCUT2D eigenvalue weighted by atomic mass is 10.1. The Balaban J connectivity index is 1.39. The van der Waals surface area contributed by atoms with Crippen LogP contribution in [0.1, 0.15) is 0 Å². The van der Waals surface area contributed by atoms with Gasteiger partial charge in [-0.1, -0.05) is 36.4 Å². The minimum Gasteiger partial charge on any atom is -0.497 e. The highest BCUT2D eigenvalue weighted by molar-refractivity contribution is 8.00.